The van der Waals surface area contributed by atoms with Gasteiger partial charge in [-0.05, 0) is 41.8 Å². The lowest BCUT2D eigenvalue weighted by Crippen LogP contribution is -2.05. The van der Waals surface area contributed by atoms with Crippen LogP contribution in [0.5, 0.6) is 11.5 Å². The molecule has 5 nitrogen and oxygen atoms in total. The number of aryl methyl sites for hydroxylation is 1. The molecule has 0 amide bonds. The molecule has 0 fully saturated rings. The molecule has 0 heterocycles. The normalized spacial score (nSPS) is 10.5. The zero-order valence-corrected chi connectivity index (χ0v) is 14.0. The molecule has 2 rings (SSSR count). The Morgan fingerprint density at radius 1 is 1.08 bits per heavy atom. The van der Waals surface area contributed by atoms with E-state index in [0.717, 1.165) is 5.56 Å². The van der Waals surface area contributed by atoms with Crippen LogP contribution in [0.2, 0.25) is 0 Å². The van der Waals surface area contributed by atoms with Crippen LogP contribution in [0.1, 0.15) is 17.5 Å². The molecule has 0 saturated carbocycles. The van der Waals surface area contributed by atoms with Crippen LogP contribution in [0.25, 0.3) is 0 Å². The van der Waals surface area contributed by atoms with E-state index in [4.69, 9.17) is 19.3 Å². The Morgan fingerprint density at radius 2 is 1.92 bits per heavy atom. The number of aliphatic carboxylic acids is 1. The lowest BCUT2D eigenvalue weighted by Gasteiger charge is -2.10. The number of carboxylic acids is 1. The van der Waals surface area contributed by atoms with Gasteiger partial charge in [-0.2, -0.15) is 0 Å². The third-order valence-electron chi connectivity index (χ3n) is 3.47. The summed E-state index contributed by atoms with van der Waals surface area (Å²) >= 11 is 0. The van der Waals surface area contributed by atoms with E-state index in [1.54, 1.807) is 13.2 Å². The van der Waals surface area contributed by atoms with E-state index in [1.165, 1.54) is 12.1 Å². The molecule has 0 unspecified atom stereocenters. The highest BCUT2D eigenvalue weighted by molar-refractivity contribution is 5.67. The van der Waals surface area contributed by atoms with Gasteiger partial charge in [0.1, 0.15) is 19.0 Å². The molecule has 0 saturated heterocycles. The van der Waals surface area contributed by atoms with Crippen molar-refractivity contribution < 1.29 is 28.5 Å². The summed E-state index contributed by atoms with van der Waals surface area (Å²) in [5.74, 6) is -0.587. The summed E-state index contributed by atoms with van der Waals surface area (Å²) < 4.78 is 30.0. The highest BCUT2D eigenvalue weighted by Gasteiger charge is 2.07. The third-order valence-corrected chi connectivity index (χ3v) is 3.47. The predicted molar refractivity (Wildman–Crippen MR) is 90.5 cm³/mol. The molecule has 0 atom stereocenters. The number of methoxy groups -OCH3 is 1. The SMILES string of the molecule is COCCOc1cccc(COc2ccc(CCC(=O)O)cc2F)c1. The van der Waals surface area contributed by atoms with E-state index >= 15 is 0 Å². The van der Waals surface area contributed by atoms with Crippen LogP contribution in [-0.2, 0) is 22.6 Å². The van der Waals surface area contributed by atoms with E-state index < -0.39 is 11.8 Å². The Morgan fingerprint density at radius 3 is 2.64 bits per heavy atom. The Kier molecular flexibility index (Phi) is 7.22. The lowest BCUT2D eigenvalue weighted by atomic mass is 10.1. The average Bonchev–Trinajstić information content (AvgIpc) is 2.60. The van der Waals surface area contributed by atoms with Gasteiger partial charge in [-0.25, -0.2) is 4.39 Å². The zero-order chi connectivity index (χ0) is 18.1. The minimum atomic E-state index is -0.909. The molecule has 0 aliphatic rings. The van der Waals surface area contributed by atoms with E-state index in [9.17, 15) is 9.18 Å². The maximum atomic E-state index is 14.1. The fourth-order valence-corrected chi connectivity index (χ4v) is 2.20. The second-order valence-electron chi connectivity index (χ2n) is 5.44. The van der Waals surface area contributed by atoms with Gasteiger partial charge in [0, 0.05) is 13.5 Å². The zero-order valence-electron chi connectivity index (χ0n) is 14.0. The number of carboxylic acid groups (broad SMARTS) is 1. The molecule has 0 aliphatic carbocycles. The first-order valence-corrected chi connectivity index (χ1v) is 7.92. The van der Waals surface area contributed by atoms with Crippen LogP contribution < -0.4 is 9.47 Å². The quantitative estimate of drug-likeness (QED) is 0.666. The first-order valence-electron chi connectivity index (χ1n) is 7.92. The van der Waals surface area contributed by atoms with Gasteiger partial charge < -0.3 is 19.3 Å². The van der Waals surface area contributed by atoms with Gasteiger partial charge in [-0.3, -0.25) is 4.79 Å². The Bertz CT molecular complexity index is 702. The van der Waals surface area contributed by atoms with Crippen LogP contribution in [-0.4, -0.2) is 31.4 Å². The lowest BCUT2D eigenvalue weighted by molar-refractivity contribution is -0.136. The van der Waals surface area contributed by atoms with Crippen molar-refractivity contribution in [1.29, 1.82) is 0 Å². The molecule has 0 aromatic heterocycles. The van der Waals surface area contributed by atoms with Gasteiger partial charge in [0.25, 0.3) is 0 Å². The largest absolute Gasteiger partial charge is 0.491 e. The highest BCUT2D eigenvalue weighted by Crippen LogP contribution is 2.21. The molecular weight excluding hydrogens is 327 g/mol. The third kappa shape index (κ3) is 6.43. The van der Waals surface area contributed by atoms with Crippen molar-refractivity contribution in [1.82, 2.24) is 0 Å². The average molecular weight is 348 g/mol. The molecule has 1 N–H and O–H groups in total. The molecular formula is C19H21FO5. The van der Waals surface area contributed by atoms with Gasteiger partial charge in [0.05, 0.1) is 6.61 Å². The molecule has 0 bridgehead atoms. The first-order chi connectivity index (χ1) is 12.1. The summed E-state index contributed by atoms with van der Waals surface area (Å²) in [6.45, 7) is 1.15. The predicted octanol–water partition coefficient (Wildman–Crippen LogP) is 3.45. The molecule has 2 aromatic rings. The molecule has 6 heteroatoms. The second kappa shape index (κ2) is 9.64. The summed E-state index contributed by atoms with van der Waals surface area (Å²) in [4.78, 5) is 10.6. The van der Waals surface area contributed by atoms with Crippen molar-refractivity contribution in [2.24, 2.45) is 0 Å². The number of rotatable bonds is 10. The van der Waals surface area contributed by atoms with Crippen molar-refractivity contribution in [3.05, 3.63) is 59.4 Å². The molecule has 0 spiro atoms. The summed E-state index contributed by atoms with van der Waals surface area (Å²) in [6.07, 6.45) is 0.253. The van der Waals surface area contributed by atoms with Crippen molar-refractivity contribution in [3.8, 4) is 11.5 Å². The smallest absolute Gasteiger partial charge is 0.303 e. The van der Waals surface area contributed by atoms with Gasteiger partial charge in [-0.15, -0.1) is 0 Å². The van der Waals surface area contributed by atoms with Gasteiger partial charge in [0.2, 0.25) is 0 Å². The number of hydrogen-bond donors (Lipinski definition) is 1. The number of benzene rings is 2. The Hall–Kier alpha value is -2.60. The number of hydrogen-bond acceptors (Lipinski definition) is 4. The van der Waals surface area contributed by atoms with Crippen LogP contribution in [0.4, 0.5) is 4.39 Å². The highest BCUT2D eigenvalue weighted by atomic mass is 19.1. The van der Waals surface area contributed by atoms with E-state index in [1.807, 2.05) is 24.3 Å². The van der Waals surface area contributed by atoms with Crippen molar-refractivity contribution >= 4 is 5.97 Å². The van der Waals surface area contributed by atoms with Crippen molar-refractivity contribution in [2.75, 3.05) is 20.3 Å². The molecule has 134 valence electrons. The number of halogens is 1. The first kappa shape index (κ1) is 18.7. The number of ether oxygens (including phenoxy) is 3. The number of carbonyl (C=O) groups is 1. The molecule has 0 radical (unpaired) electrons. The van der Waals surface area contributed by atoms with Crippen molar-refractivity contribution in [2.45, 2.75) is 19.4 Å². The Labute approximate surface area is 146 Å². The van der Waals surface area contributed by atoms with Gasteiger partial charge >= 0.3 is 5.97 Å². The minimum Gasteiger partial charge on any atom is -0.491 e. The summed E-state index contributed by atoms with van der Waals surface area (Å²) in [5, 5.41) is 8.66. The summed E-state index contributed by atoms with van der Waals surface area (Å²) in [6, 6.07) is 11.9. The molecule has 25 heavy (non-hydrogen) atoms. The maximum absolute atomic E-state index is 14.1. The summed E-state index contributed by atoms with van der Waals surface area (Å²) in [5.41, 5.74) is 1.48. The molecule has 2 aromatic carbocycles. The standard InChI is InChI=1S/C19H21FO5/c1-23-9-10-24-16-4-2-3-15(11-16)13-25-18-7-5-14(12-17(18)20)6-8-19(21)22/h2-5,7,11-12H,6,8-10,13H2,1H3,(H,21,22). The van der Waals surface area contributed by atoms with E-state index in [0.29, 0.717) is 24.5 Å². The Balaban J connectivity index is 1.92. The van der Waals surface area contributed by atoms with Crippen LogP contribution >= 0.6 is 0 Å². The monoisotopic (exact) mass is 348 g/mol. The fraction of sp³-hybridized carbons (Fsp3) is 0.316. The van der Waals surface area contributed by atoms with Crippen LogP contribution in [0.15, 0.2) is 42.5 Å². The van der Waals surface area contributed by atoms with Crippen LogP contribution in [0, 0.1) is 5.82 Å². The van der Waals surface area contributed by atoms with Gasteiger partial charge in [0.15, 0.2) is 11.6 Å². The van der Waals surface area contributed by atoms with E-state index in [-0.39, 0.29) is 25.2 Å². The topological polar surface area (TPSA) is 65.0 Å². The summed E-state index contributed by atoms with van der Waals surface area (Å²) in [7, 11) is 1.61. The van der Waals surface area contributed by atoms with Gasteiger partial charge in [-0.1, -0.05) is 18.2 Å². The second-order valence-corrected chi connectivity index (χ2v) is 5.44. The van der Waals surface area contributed by atoms with Crippen molar-refractivity contribution in [3.63, 3.8) is 0 Å². The maximum Gasteiger partial charge on any atom is 0.303 e. The minimum absolute atomic E-state index is 0.0322. The van der Waals surface area contributed by atoms with E-state index in [2.05, 4.69) is 0 Å². The molecule has 0 aliphatic heterocycles. The van der Waals surface area contributed by atoms with Crippen LogP contribution in [0.3, 0.4) is 0 Å². The fourth-order valence-electron chi connectivity index (χ4n) is 2.20.